The molecule has 3 aliphatic heterocycles. The summed E-state index contributed by atoms with van der Waals surface area (Å²) in [4.78, 5) is 157. The third kappa shape index (κ3) is 12.4. The number of amides is 8. The molecule has 8 amide bonds. The largest absolute Gasteiger partial charge is 0.481 e. The summed E-state index contributed by atoms with van der Waals surface area (Å²) < 4.78 is 9.92. The van der Waals surface area contributed by atoms with Crippen LogP contribution in [-0.4, -0.2) is 192 Å². The number of guanidine groups is 1. The number of methoxy groups -OCH3 is 2. The number of aliphatic hydroxyl groups is 1. The molecule has 0 spiro atoms. The van der Waals surface area contributed by atoms with Crippen LogP contribution in [-0.2, 0) is 67.0 Å². The third-order valence-corrected chi connectivity index (χ3v) is 14.5. The number of ether oxygens (including phenoxy) is 2. The van der Waals surface area contributed by atoms with Crippen molar-refractivity contribution in [1.29, 1.82) is 5.41 Å². The lowest BCUT2D eigenvalue weighted by molar-refractivity contribution is -0.150. The van der Waals surface area contributed by atoms with Crippen LogP contribution in [0.25, 0.3) is 0 Å². The van der Waals surface area contributed by atoms with Crippen LogP contribution in [0.4, 0.5) is 0 Å². The molecule has 2 bridgehead atoms. The Kier molecular flexibility index (Phi) is 18.8. The molecule has 12 atom stereocenters. The molecule has 30 nitrogen and oxygen atoms in total. The Morgan fingerprint density at radius 3 is 2.05 bits per heavy atom. The van der Waals surface area contributed by atoms with Crippen LogP contribution in [0.5, 0.6) is 0 Å². The molecule has 2 saturated heterocycles. The maximum absolute atomic E-state index is 13.9. The molecule has 0 aromatic heterocycles. The van der Waals surface area contributed by atoms with E-state index in [9.17, 15) is 72.9 Å². The number of likely N-dealkylation sites (tertiary alicyclic amines) is 2. The van der Waals surface area contributed by atoms with E-state index in [2.05, 4.69) is 42.4 Å². The van der Waals surface area contributed by atoms with Gasteiger partial charge in [-0.25, -0.2) is 14.4 Å². The summed E-state index contributed by atoms with van der Waals surface area (Å²) in [6.07, 6.45) is 3.97. The fourth-order valence-electron chi connectivity index (χ4n) is 11.1. The van der Waals surface area contributed by atoms with Gasteiger partial charge in [-0.05, 0) is 74.2 Å². The van der Waals surface area contributed by atoms with Crippen molar-refractivity contribution in [1.82, 2.24) is 47.1 Å². The van der Waals surface area contributed by atoms with Crippen LogP contribution >= 0.6 is 0 Å². The normalized spacial score (nSPS) is 25.1. The van der Waals surface area contributed by atoms with Gasteiger partial charge in [-0.1, -0.05) is 12.2 Å². The van der Waals surface area contributed by atoms with Crippen LogP contribution in [0.3, 0.4) is 0 Å². The van der Waals surface area contributed by atoms with Crippen LogP contribution < -0.4 is 48.8 Å². The zero-order valence-electron chi connectivity index (χ0n) is 41.5. The maximum atomic E-state index is 13.9. The summed E-state index contributed by atoms with van der Waals surface area (Å²) in [5.41, 5.74) is 14.8. The third-order valence-electron chi connectivity index (χ3n) is 14.5. The Bertz CT molecular complexity index is 2500. The highest BCUT2D eigenvalue weighted by molar-refractivity contribution is 6.38. The van der Waals surface area contributed by atoms with Gasteiger partial charge < -0.3 is 73.1 Å². The van der Waals surface area contributed by atoms with Crippen LogP contribution in [0.15, 0.2) is 28.5 Å². The first-order chi connectivity index (χ1) is 36.1. The van der Waals surface area contributed by atoms with Crippen molar-refractivity contribution in [3.05, 3.63) is 23.4 Å². The van der Waals surface area contributed by atoms with Crippen LogP contribution in [0, 0.1) is 46.8 Å². The first kappa shape index (κ1) is 57.3. The molecule has 0 aromatic carbocycles. The van der Waals surface area contributed by atoms with Gasteiger partial charge in [0.05, 0.1) is 58.2 Å². The zero-order chi connectivity index (χ0) is 55.7. The summed E-state index contributed by atoms with van der Waals surface area (Å²) in [6, 6.07) is -7.20. The van der Waals surface area contributed by atoms with Gasteiger partial charge in [0.2, 0.25) is 47.3 Å². The lowest BCUT2D eigenvalue weighted by atomic mass is 9.40. The number of carboxylic acid groups (broad SMARTS) is 2. The molecule has 4 fully saturated rings. The van der Waals surface area contributed by atoms with E-state index in [1.54, 1.807) is 0 Å². The number of nitrogens with zero attached hydrogens (tertiary/aromatic N) is 3. The van der Waals surface area contributed by atoms with Gasteiger partial charge in [0.1, 0.15) is 29.9 Å². The molecular weight excluding hydrogens is 1010 g/mol. The molecule has 3 heterocycles. The minimum Gasteiger partial charge on any atom is -0.481 e. The fourth-order valence-corrected chi connectivity index (χ4v) is 11.1. The number of carbonyl (C=O) groups is 12. The van der Waals surface area contributed by atoms with E-state index in [1.807, 2.05) is 12.2 Å². The average Bonchev–Trinajstić information content (AvgIpc) is 3.99. The van der Waals surface area contributed by atoms with Gasteiger partial charge in [-0.3, -0.25) is 58.9 Å². The van der Waals surface area contributed by atoms with Gasteiger partial charge in [-0.2, -0.15) is 5.10 Å². The summed E-state index contributed by atoms with van der Waals surface area (Å²) in [6.45, 7) is -2.34. The van der Waals surface area contributed by atoms with E-state index in [4.69, 9.17) is 26.4 Å². The second kappa shape index (κ2) is 25.0. The second-order valence-corrected chi connectivity index (χ2v) is 19.1. The van der Waals surface area contributed by atoms with Gasteiger partial charge >= 0.3 is 23.9 Å². The molecular formula is C46H63N13O17. The number of carbonyl (C=O) groups excluding carboxylic acids is 10. The van der Waals surface area contributed by atoms with Gasteiger partial charge in [0.15, 0.2) is 11.7 Å². The SMILES string of the molecule is COC(=O)C1=NNC(C(=O)OC)=C2C1C1C2C2C=CC1[C@@H]1C(=O)N(CCCC[C@H](N)C(=O)NCC(=O)NC(CCCNC(=N)N)C(=O)NCC(=O)NC(CC(=O)O)C(=O)NC(CO)C(=O)N3CCCC3C(=O)O)C(=O)C21. The molecule has 7 rings (SSSR count). The molecule has 4 aliphatic carbocycles. The highest BCUT2D eigenvalue weighted by atomic mass is 16.5. The minimum absolute atomic E-state index is 0.0277. The molecule has 76 heavy (non-hydrogen) atoms. The van der Waals surface area contributed by atoms with Crippen molar-refractivity contribution >= 4 is 82.8 Å². The average molecular weight is 1070 g/mol. The summed E-state index contributed by atoms with van der Waals surface area (Å²) >= 11 is 0. The zero-order valence-corrected chi connectivity index (χ0v) is 41.5. The topological polar surface area (TPSA) is 463 Å². The number of fused-ring (bicyclic) bond motifs is 1. The second-order valence-electron chi connectivity index (χ2n) is 19.1. The molecule has 15 N–H and O–H groups in total. The maximum Gasteiger partial charge on any atom is 0.355 e. The van der Waals surface area contributed by atoms with E-state index < -0.39 is 145 Å². The number of nitrogens with one attached hydrogen (secondary N) is 8. The summed E-state index contributed by atoms with van der Waals surface area (Å²) in [5.74, 6) is -14.6. The van der Waals surface area contributed by atoms with Gasteiger partial charge in [0.25, 0.3) is 0 Å². The predicted octanol–water partition coefficient (Wildman–Crippen LogP) is -6.18. The molecule has 0 radical (unpaired) electrons. The number of carboxylic acids is 2. The Morgan fingerprint density at radius 1 is 0.803 bits per heavy atom. The molecule has 7 aliphatic rings. The number of nitrogens with two attached hydrogens (primary N) is 2. The number of unbranched alkanes of at least 4 members (excludes halogenated alkanes) is 1. The summed E-state index contributed by atoms with van der Waals surface area (Å²) in [5, 5.41) is 54.1. The number of hydrogen-bond acceptors (Lipinski definition) is 19. The smallest absolute Gasteiger partial charge is 0.355 e. The molecule has 10 unspecified atom stereocenters. The van der Waals surface area contributed by atoms with Crippen molar-refractivity contribution in [3.8, 4) is 0 Å². The predicted molar refractivity (Wildman–Crippen MR) is 256 cm³/mol. The lowest BCUT2D eigenvalue weighted by Gasteiger charge is -2.61. The van der Waals surface area contributed by atoms with Crippen molar-refractivity contribution in [2.24, 2.45) is 58.0 Å². The van der Waals surface area contributed by atoms with E-state index in [1.165, 1.54) is 19.1 Å². The number of hydrazone groups is 1. The Hall–Kier alpha value is -8.02. The van der Waals surface area contributed by atoms with E-state index in [-0.39, 0.29) is 99.2 Å². The van der Waals surface area contributed by atoms with Crippen molar-refractivity contribution < 1.29 is 82.3 Å². The standard InChI is InChI=1S/C46H63N13O17/c1-75-44(73)35-33-29-19-10-11-20(30(29)34(33)36(57-56-35)45(74)76-2)32-31(19)41(69)59(42(32)70)13-4-3-7-21(47)37(65)51-16-26(61)53-22(8-5-12-50-46(48)49)38(66)52-17-27(62)54-23(15-28(63)64)39(67)55-24(18-60)40(68)58-14-6-9-25(58)43(71)72/h10-11,19-25,29-33,57,60H,3-9,12-18,47H2,1-2H3,(H,51,65)(H,52,66)(H,53,61)(H,54,62)(H,55,67)(H,63,64)(H,71,72)(H4,48,49,50)/t19?,20?,21-,22?,23?,24?,25?,29?,30?,31-,32?,33?/m0/s1. The van der Waals surface area contributed by atoms with Crippen molar-refractivity contribution in [2.75, 3.05) is 53.6 Å². The fraction of sp³-hybridized carbons (Fsp3) is 0.609. The Labute approximate surface area is 433 Å². The number of aliphatic hydroxyl groups excluding tert-OH is 1. The number of esters is 2. The first-order valence-electron chi connectivity index (χ1n) is 24.6. The van der Waals surface area contributed by atoms with E-state index >= 15 is 0 Å². The number of hydrogen-bond donors (Lipinski definition) is 13. The number of allylic oxidation sites excluding steroid dienone is 3. The van der Waals surface area contributed by atoms with Gasteiger partial charge in [0, 0.05) is 25.6 Å². The van der Waals surface area contributed by atoms with Gasteiger partial charge in [-0.15, -0.1) is 0 Å². The monoisotopic (exact) mass is 1070 g/mol. The van der Waals surface area contributed by atoms with Crippen molar-refractivity contribution in [3.63, 3.8) is 0 Å². The van der Waals surface area contributed by atoms with Crippen molar-refractivity contribution in [2.45, 2.75) is 81.6 Å². The highest BCUT2D eigenvalue weighted by Crippen LogP contribution is 2.67. The molecule has 30 heteroatoms. The number of rotatable bonds is 26. The minimum atomic E-state index is -1.83. The molecule has 2 saturated carbocycles. The Balaban J connectivity index is 0.966. The lowest BCUT2D eigenvalue weighted by Crippen LogP contribution is -2.63. The number of aliphatic carboxylic acids is 2. The quantitative estimate of drug-likeness (QED) is 0.00957. The number of imide groups is 1. The van der Waals surface area contributed by atoms with Crippen LogP contribution in [0.2, 0.25) is 0 Å². The first-order valence-corrected chi connectivity index (χ1v) is 24.6. The summed E-state index contributed by atoms with van der Waals surface area (Å²) in [7, 11) is 2.42. The van der Waals surface area contributed by atoms with E-state index in [0.29, 0.717) is 12.0 Å². The molecule has 0 aromatic rings. The molecule has 414 valence electrons. The highest BCUT2D eigenvalue weighted by Gasteiger charge is 2.70. The van der Waals surface area contributed by atoms with Crippen LogP contribution in [0.1, 0.15) is 51.4 Å². The Morgan fingerprint density at radius 2 is 1.43 bits per heavy atom. The van der Waals surface area contributed by atoms with E-state index in [0.717, 1.165) is 4.90 Å².